The first-order valence-corrected chi connectivity index (χ1v) is 8.26. The summed E-state index contributed by atoms with van der Waals surface area (Å²) in [7, 11) is 1.77. The van der Waals surface area contributed by atoms with Crippen LogP contribution in [0.15, 0.2) is 29.2 Å². The normalized spacial score (nSPS) is 11.7. The van der Waals surface area contributed by atoms with E-state index in [1.807, 2.05) is 13.0 Å². The van der Waals surface area contributed by atoms with Crippen LogP contribution in [0.3, 0.4) is 0 Å². The van der Waals surface area contributed by atoms with Crippen LogP contribution in [0.25, 0.3) is 21.1 Å². The molecule has 0 aliphatic carbocycles. The van der Waals surface area contributed by atoms with Crippen molar-refractivity contribution in [3.05, 3.63) is 62.6 Å². The van der Waals surface area contributed by atoms with Crippen LogP contribution in [0.4, 0.5) is 13.2 Å². The Morgan fingerprint density at radius 3 is 2.52 bits per heavy atom. The zero-order valence-electron chi connectivity index (χ0n) is 13.3. The highest BCUT2D eigenvalue weighted by Gasteiger charge is 2.18. The third-order valence-corrected chi connectivity index (χ3v) is 5.28. The maximum Gasteiger partial charge on any atom is 0.291 e. The van der Waals surface area contributed by atoms with Gasteiger partial charge in [-0.3, -0.25) is 4.79 Å². The molecule has 4 aromatic rings. The zero-order valence-corrected chi connectivity index (χ0v) is 14.1. The number of fused-ring (bicyclic) bond motifs is 3. The van der Waals surface area contributed by atoms with Crippen molar-refractivity contribution in [3.63, 3.8) is 0 Å². The molecule has 8 heteroatoms. The van der Waals surface area contributed by atoms with Gasteiger partial charge >= 0.3 is 0 Å². The summed E-state index contributed by atoms with van der Waals surface area (Å²) < 4.78 is 44.4. The van der Waals surface area contributed by atoms with Crippen molar-refractivity contribution in [3.8, 4) is 0 Å². The molecule has 0 spiro atoms. The number of rotatable bonds is 2. The second-order valence-electron chi connectivity index (χ2n) is 5.85. The Labute approximate surface area is 143 Å². The number of aryl methyl sites for hydroxylation is 2. The van der Waals surface area contributed by atoms with E-state index in [2.05, 4.69) is 5.10 Å². The molecule has 4 nitrogen and oxygen atoms in total. The van der Waals surface area contributed by atoms with Crippen LogP contribution in [0.2, 0.25) is 0 Å². The molecule has 0 bridgehead atoms. The molecule has 128 valence electrons. The van der Waals surface area contributed by atoms with E-state index in [0.717, 1.165) is 19.8 Å². The molecule has 0 aliphatic rings. The van der Waals surface area contributed by atoms with E-state index in [1.165, 1.54) is 6.20 Å². The van der Waals surface area contributed by atoms with Crippen LogP contribution < -0.4 is 5.56 Å². The highest BCUT2D eigenvalue weighted by atomic mass is 32.1. The zero-order chi connectivity index (χ0) is 17.9. The number of thiophene rings is 1. The van der Waals surface area contributed by atoms with Crippen molar-refractivity contribution in [2.24, 2.45) is 7.05 Å². The fourth-order valence-electron chi connectivity index (χ4n) is 3.02. The van der Waals surface area contributed by atoms with Crippen LogP contribution in [0.5, 0.6) is 0 Å². The minimum absolute atomic E-state index is 0.401. The van der Waals surface area contributed by atoms with E-state index in [0.29, 0.717) is 23.0 Å². The third-order valence-electron chi connectivity index (χ3n) is 4.21. The van der Waals surface area contributed by atoms with E-state index >= 15 is 0 Å². The molecule has 25 heavy (non-hydrogen) atoms. The van der Waals surface area contributed by atoms with Gasteiger partial charge in [-0.1, -0.05) is 0 Å². The number of hydrogen-bond acceptors (Lipinski definition) is 3. The van der Waals surface area contributed by atoms with E-state index in [4.69, 9.17) is 0 Å². The standard InChI is InChI=1S/C17H12F3N3OS/c1-8-3-14-16(25-8)10-6-21-23(17(24)15(10)22(14)2)7-11-12(19)4-9(18)5-13(11)20/h3-6H,7H2,1-2H3. The predicted molar refractivity (Wildman–Crippen MR) is 90.5 cm³/mol. The molecule has 1 aromatic carbocycles. The summed E-state index contributed by atoms with van der Waals surface area (Å²) >= 11 is 1.56. The van der Waals surface area contributed by atoms with Gasteiger partial charge in [0.1, 0.15) is 23.0 Å². The molecule has 3 aromatic heterocycles. The Hall–Kier alpha value is -2.61. The SMILES string of the molecule is Cc1cc2c(s1)c1cnn(Cc3c(F)cc(F)cc3F)c(=O)c1n2C. The van der Waals surface area contributed by atoms with Gasteiger partial charge in [-0.25, -0.2) is 17.9 Å². The van der Waals surface area contributed by atoms with Crippen molar-refractivity contribution in [1.82, 2.24) is 14.3 Å². The maximum atomic E-state index is 13.9. The highest BCUT2D eigenvalue weighted by molar-refractivity contribution is 7.20. The lowest BCUT2D eigenvalue weighted by molar-refractivity contribution is 0.504. The number of aromatic nitrogens is 3. The lowest BCUT2D eigenvalue weighted by Crippen LogP contribution is -2.25. The van der Waals surface area contributed by atoms with Crippen LogP contribution in [0, 0.1) is 24.4 Å². The van der Waals surface area contributed by atoms with E-state index in [9.17, 15) is 18.0 Å². The number of hydrogen-bond donors (Lipinski definition) is 0. The topological polar surface area (TPSA) is 39.8 Å². The molecular weight excluding hydrogens is 351 g/mol. The van der Waals surface area contributed by atoms with Gasteiger partial charge in [0, 0.05) is 35.0 Å². The molecule has 0 N–H and O–H groups in total. The summed E-state index contributed by atoms with van der Waals surface area (Å²) in [5, 5.41) is 4.75. The second kappa shape index (κ2) is 5.45. The Morgan fingerprint density at radius 2 is 1.84 bits per heavy atom. The average molecular weight is 363 g/mol. The summed E-state index contributed by atoms with van der Waals surface area (Å²) in [6.45, 7) is 1.57. The Morgan fingerprint density at radius 1 is 1.16 bits per heavy atom. The van der Waals surface area contributed by atoms with E-state index in [1.54, 1.807) is 23.0 Å². The van der Waals surface area contributed by atoms with Crippen molar-refractivity contribution in [2.45, 2.75) is 13.5 Å². The molecule has 0 unspecified atom stereocenters. The van der Waals surface area contributed by atoms with Gasteiger partial charge in [0.15, 0.2) is 0 Å². The minimum atomic E-state index is -1.05. The average Bonchev–Trinajstić information content (AvgIpc) is 3.03. The number of benzene rings is 1. The third kappa shape index (κ3) is 2.36. The maximum absolute atomic E-state index is 13.9. The first kappa shape index (κ1) is 15.9. The van der Waals surface area contributed by atoms with Crippen LogP contribution in [-0.4, -0.2) is 14.3 Å². The second-order valence-corrected chi connectivity index (χ2v) is 7.10. The number of nitrogens with zero attached hydrogens (tertiary/aromatic N) is 3. The molecule has 0 atom stereocenters. The summed E-state index contributed by atoms with van der Waals surface area (Å²) in [6, 6.07) is 3.15. The summed E-state index contributed by atoms with van der Waals surface area (Å²) in [5.41, 5.74) is 0.471. The van der Waals surface area contributed by atoms with E-state index < -0.39 is 35.1 Å². The molecular formula is C17H12F3N3OS. The van der Waals surface area contributed by atoms with Gasteiger partial charge in [0.05, 0.1) is 23.0 Å². The molecule has 0 saturated heterocycles. The van der Waals surface area contributed by atoms with Crippen molar-refractivity contribution in [2.75, 3.05) is 0 Å². The lowest BCUT2D eigenvalue weighted by Gasteiger charge is -2.08. The van der Waals surface area contributed by atoms with Gasteiger partial charge in [-0.05, 0) is 13.0 Å². The highest BCUT2D eigenvalue weighted by Crippen LogP contribution is 2.32. The van der Waals surface area contributed by atoms with Gasteiger partial charge in [-0.2, -0.15) is 5.10 Å². The number of halogens is 3. The van der Waals surface area contributed by atoms with Gasteiger partial charge in [0.2, 0.25) is 0 Å². The Balaban J connectivity index is 1.91. The molecule has 0 amide bonds. The monoisotopic (exact) mass is 363 g/mol. The molecule has 4 rings (SSSR count). The van der Waals surface area contributed by atoms with Crippen molar-refractivity contribution >= 4 is 32.5 Å². The molecule has 0 fully saturated rings. The van der Waals surface area contributed by atoms with E-state index in [-0.39, 0.29) is 0 Å². The Kier molecular flexibility index (Phi) is 3.47. The molecule has 0 aliphatic heterocycles. The van der Waals surface area contributed by atoms with Gasteiger partial charge in [0.25, 0.3) is 5.56 Å². The predicted octanol–water partition coefficient (Wildman–Crippen LogP) is 3.72. The van der Waals surface area contributed by atoms with Crippen molar-refractivity contribution in [1.29, 1.82) is 0 Å². The van der Waals surface area contributed by atoms with Crippen LogP contribution in [-0.2, 0) is 13.6 Å². The first-order chi connectivity index (χ1) is 11.9. The quantitative estimate of drug-likeness (QED) is 0.545. The fourth-order valence-corrected chi connectivity index (χ4v) is 4.07. The molecule has 3 heterocycles. The minimum Gasteiger partial charge on any atom is -0.338 e. The van der Waals surface area contributed by atoms with Crippen molar-refractivity contribution < 1.29 is 13.2 Å². The first-order valence-electron chi connectivity index (χ1n) is 7.45. The van der Waals surface area contributed by atoms with Crippen LogP contribution in [0.1, 0.15) is 10.4 Å². The summed E-state index contributed by atoms with van der Waals surface area (Å²) in [5.74, 6) is -3.10. The fraction of sp³-hybridized carbons (Fsp3) is 0.176. The van der Waals surface area contributed by atoms with Gasteiger partial charge in [-0.15, -0.1) is 11.3 Å². The lowest BCUT2D eigenvalue weighted by atomic mass is 10.2. The molecule has 0 radical (unpaired) electrons. The summed E-state index contributed by atoms with van der Waals surface area (Å²) in [6.07, 6.45) is 1.52. The largest absolute Gasteiger partial charge is 0.338 e. The Bertz CT molecular complexity index is 1180. The smallest absolute Gasteiger partial charge is 0.291 e. The van der Waals surface area contributed by atoms with Crippen LogP contribution >= 0.6 is 11.3 Å². The van der Waals surface area contributed by atoms with Gasteiger partial charge < -0.3 is 4.57 Å². The molecule has 0 saturated carbocycles. The summed E-state index contributed by atoms with van der Waals surface area (Å²) in [4.78, 5) is 13.9.